The monoisotopic (exact) mass is 260 g/mol. The maximum Gasteiger partial charge on any atom is 0.225 e. The molecule has 1 aromatic heterocycles. The van der Waals surface area contributed by atoms with E-state index in [0.717, 1.165) is 4.47 Å². The smallest absolute Gasteiger partial charge is 0.218 e. The van der Waals surface area contributed by atoms with Crippen LogP contribution >= 0.6 is 27.5 Å². The fourth-order valence-electron chi connectivity index (χ4n) is 1.04. The van der Waals surface area contributed by atoms with Crippen LogP contribution in [-0.4, -0.2) is 9.97 Å². The highest BCUT2D eigenvalue weighted by Crippen LogP contribution is 2.20. The van der Waals surface area contributed by atoms with Crippen LogP contribution in [0, 0.1) is 5.95 Å². The van der Waals surface area contributed by atoms with Crippen molar-refractivity contribution in [2.45, 2.75) is 0 Å². The van der Waals surface area contributed by atoms with Crippen molar-refractivity contribution >= 4 is 38.4 Å². The van der Waals surface area contributed by atoms with Crippen molar-refractivity contribution in [3.8, 4) is 0 Å². The lowest BCUT2D eigenvalue weighted by Crippen LogP contribution is -1.90. The summed E-state index contributed by atoms with van der Waals surface area (Å²) in [5.74, 6) is -0.601. The van der Waals surface area contributed by atoms with Crippen molar-refractivity contribution in [1.29, 1.82) is 0 Å². The van der Waals surface area contributed by atoms with E-state index in [1.165, 1.54) is 0 Å². The lowest BCUT2D eigenvalue weighted by atomic mass is 10.2. The van der Waals surface area contributed by atoms with Gasteiger partial charge in [-0.2, -0.15) is 9.37 Å². The predicted molar refractivity (Wildman–Crippen MR) is 52.2 cm³/mol. The van der Waals surface area contributed by atoms with Crippen LogP contribution < -0.4 is 0 Å². The van der Waals surface area contributed by atoms with Crippen LogP contribution in [0.4, 0.5) is 4.39 Å². The van der Waals surface area contributed by atoms with E-state index >= 15 is 0 Å². The third kappa shape index (κ3) is 1.64. The zero-order chi connectivity index (χ0) is 9.42. The van der Waals surface area contributed by atoms with Crippen molar-refractivity contribution in [1.82, 2.24) is 9.97 Å². The van der Waals surface area contributed by atoms with Gasteiger partial charge in [-0.25, -0.2) is 4.98 Å². The number of benzene rings is 1. The molecule has 0 saturated carbocycles. The minimum Gasteiger partial charge on any atom is -0.218 e. The molecule has 1 heterocycles. The molecule has 13 heavy (non-hydrogen) atoms. The van der Waals surface area contributed by atoms with Gasteiger partial charge in [0.25, 0.3) is 0 Å². The summed E-state index contributed by atoms with van der Waals surface area (Å²) in [6.07, 6.45) is 0. The number of rotatable bonds is 0. The normalized spacial score (nSPS) is 10.7. The van der Waals surface area contributed by atoms with Crippen molar-refractivity contribution in [2.75, 3.05) is 0 Å². The lowest BCUT2D eigenvalue weighted by molar-refractivity contribution is 0.594. The first-order valence-electron chi connectivity index (χ1n) is 3.45. The Kier molecular flexibility index (Phi) is 2.17. The molecular formula is C8H3BrClFN2. The van der Waals surface area contributed by atoms with E-state index in [4.69, 9.17) is 11.6 Å². The van der Waals surface area contributed by atoms with Crippen molar-refractivity contribution in [3.05, 3.63) is 33.9 Å². The van der Waals surface area contributed by atoms with Crippen LogP contribution in [-0.2, 0) is 0 Å². The molecule has 0 bridgehead atoms. The average molecular weight is 261 g/mol. The molecule has 2 nitrogen and oxygen atoms in total. The summed E-state index contributed by atoms with van der Waals surface area (Å²) in [6, 6.07) is 5.06. The Balaban J connectivity index is 2.87. The Morgan fingerprint density at radius 3 is 2.85 bits per heavy atom. The lowest BCUT2D eigenvalue weighted by Gasteiger charge is -1.98. The standard InChI is InChI=1S/C8H3BrClFN2/c9-4-1-2-6-5(3-4)7(11)13-8(10)12-6/h1-3H. The molecule has 1 aromatic carbocycles. The van der Waals surface area contributed by atoms with Crippen molar-refractivity contribution in [2.24, 2.45) is 0 Å². The van der Waals surface area contributed by atoms with Gasteiger partial charge in [-0.1, -0.05) is 15.9 Å². The highest BCUT2D eigenvalue weighted by molar-refractivity contribution is 9.10. The molecule has 0 radical (unpaired) electrons. The van der Waals surface area contributed by atoms with Gasteiger partial charge in [0.1, 0.15) is 0 Å². The molecule has 0 saturated heterocycles. The van der Waals surface area contributed by atoms with Gasteiger partial charge in [-0.15, -0.1) is 0 Å². The van der Waals surface area contributed by atoms with E-state index in [1.807, 2.05) is 0 Å². The van der Waals surface area contributed by atoms with E-state index in [9.17, 15) is 4.39 Å². The first-order valence-corrected chi connectivity index (χ1v) is 4.62. The van der Waals surface area contributed by atoms with Gasteiger partial charge in [0, 0.05) is 4.47 Å². The fraction of sp³-hybridized carbons (Fsp3) is 0. The average Bonchev–Trinajstić information content (AvgIpc) is 2.06. The second kappa shape index (κ2) is 3.20. The van der Waals surface area contributed by atoms with Crippen LogP contribution in [0.15, 0.2) is 22.7 Å². The molecule has 66 valence electrons. The quantitative estimate of drug-likeness (QED) is 0.538. The van der Waals surface area contributed by atoms with Crippen LogP contribution in [0.3, 0.4) is 0 Å². The minimum atomic E-state index is -0.601. The summed E-state index contributed by atoms with van der Waals surface area (Å²) in [5, 5.41) is 0.283. The Bertz CT molecular complexity index is 475. The van der Waals surface area contributed by atoms with Crippen molar-refractivity contribution < 1.29 is 4.39 Å². The number of hydrogen-bond acceptors (Lipinski definition) is 2. The zero-order valence-corrected chi connectivity index (χ0v) is 8.60. The van der Waals surface area contributed by atoms with Gasteiger partial charge in [-0.3, -0.25) is 0 Å². The number of aromatic nitrogens is 2. The van der Waals surface area contributed by atoms with E-state index in [2.05, 4.69) is 25.9 Å². The number of halogens is 3. The van der Waals surface area contributed by atoms with E-state index in [-0.39, 0.29) is 5.28 Å². The first-order chi connectivity index (χ1) is 6.16. The Morgan fingerprint density at radius 2 is 2.08 bits per heavy atom. The molecule has 0 N–H and O–H groups in total. The molecule has 0 fully saturated rings. The molecule has 0 aliphatic heterocycles. The van der Waals surface area contributed by atoms with Gasteiger partial charge < -0.3 is 0 Å². The highest BCUT2D eigenvalue weighted by atomic mass is 79.9. The molecule has 2 rings (SSSR count). The largest absolute Gasteiger partial charge is 0.225 e. The molecule has 0 amide bonds. The molecule has 0 unspecified atom stereocenters. The summed E-state index contributed by atoms with van der Waals surface area (Å²) >= 11 is 8.72. The van der Waals surface area contributed by atoms with Crippen LogP contribution in [0.2, 0.25) is 5.28 Å². The second-order valence-corrected chi connectivity index (χ2v) is 3.70. The molecule has 0 aliphatic carbocycles. The van der Waals surface area contributed by atoms with E-state index in [0.29, 0.717) is 10.9 Å². The van der Waals surface area contributed by atoms with E-state index in [1.54, 1.807) is 18.2 Å². The third-order valence-corrected chi connectivity index (χ3v) is 2.25. The number of nitrogens with zero attached hydrogens (tertiary/aromatic N) is 2. The predicted octanol–water partition coefficient (Wildman–Crippen LogP) is 3.18. The fourth-order valence-corrected chi connectivity index (χ4v) is 1.56. The van der Waals surface area contributed by atoms with Crippen LogP contribution in [0.25, 0.3) is 10.9 Å². The van der Waals surface area contributed by atoms with Crippen molar-refractivity contribution in [3.63, 3.8) is 0 Å². The maximum absolute atomic E-state index is 13.2. The van der Waals surface area contributed by atoms with Gasteiger partial charge in [0.15, 0.2) is 0 Å². The number of fused-ring (bicyclic) bond motifs is 1. The first kappa shape index (κ1) is 8.84. The van der Waals surface area contributed by atoms with E-state index < -0.39 is 5.95 Å². The Labute approximate surface area is 86.9 Å². The minimum absolute atomic E-state index is 0.0766. The summed E-state index contributed by atoms with van der Waals surface area (Å²) in [4.78, 5) is 7.28. The molecule has 2 aromatic rings. The van der Waals surface area contributed by atoms with Crippen LogP contribution in [0.5, 0.6) is 0 Å². The SMILES string of the molecule is Fc1nc(Cl)nc2ccc(Br)cc12. The summed E-state index contributed by atoms with van der Waals surface area (Å²) < 4.78 is 14.0. The zero-order valence-electron chi connectivity index (χ0n) is 6.26. The van der Waals surface area contributed by atoms with Gasteiger partial charge in [-0.05, 0) is 29.8 Å². The van der Waals surface area contributed by atoms with Gasteiger partial charge in [0.2, 0.25) is 11.2 Å². The Hall–Kier alpha value is -0.740. The van der Waals surface area contributed by atoms with Gasteiger partial charge >= 0.3 is 0 Å². The Morgan fingerprint density at radius 1 is 1.31 bits per heavy atom. The van der Waals surface area contributed by atoms with Gasteiger partial charge in [0.05, 0.1) is 10.9 Å². The molecular weight excluding hydrogens is 258 g/mol. The summed E-state index contributed by atoms with van der Waals surface area (Å²) in [5.41, 5.74) is 0.501. The topological polar surface area (TPSA) is 25.8 Å². The third-order valence-electron chi connectivity index (χ3n) is 1.58. The molecule has 0 aliphatic rings. The molecule has 5 heteroatoms. The summed E-state index contributed by atoms with van der Waals surface area (Å²) in [7, 11) is 0. The number of hydrogen-bond donors (Lipinski definition) is 0. The maximum atomic E-state index is 13.2. The molecule has 0 spiro atoms. The van der Waals surface area contributed by atoms with Crippen LogP contribution in [0.1, 0.15) is 0 Å². The molecule has 0 atom stereocenters. The second-order valence-electron chi connectivity index (χ2n) is 2.44. The highest BCUT2D eigenvalue weighted by Gasteiger charge is 2.05. The summed E-state index contributed by atoms with van der Waals surface area (Å²) in [6.45, 7) is 0.